The first kappa shape index (κ1) is 46.5. The van der Waals surface area contributed by atoms with Crippen LogP contribution in [0.15, 0.2) is 115 Å². The normalized spacial score (nSPS) is 17.0. The summed E-state index contributed by atoms with van der Waals surface area (Å²) in [6.07, 6.45) is 5.65. The van der Waals surface area contributed by atoms with Crippen LogP contribution in [0.25, 0.3) is 22.4 Å². The predicted molar refractivity (Wildman–Crippen MR) is 253 cm³/mol. The van der Waals surface area contributed by atoms with Gasteiger partial charge in [0.15, 0.2) is 0 Å². The van der Waals surface area contributed by atoms with E-state index in [1.54, 1.807) is 16.0 Å². The summed E-state index contributed by atoms with van der Waals surface area (Å²) in [4.78, 5) is 80.0. The maximum Gasteiger partial charge on any atom is 0.318 e. The average molecular weight is 910 g/mol. The minimum atomic E-state index is -0.836. The molecule has 0 aliphatic carbocycles. The molecule has 1 aromatic heterocycles. The lowest BCUT2D eigenvalue weighted by molar-refractivity contribution is -0.134. The van der Waals surface area contributed by atoms with Gasteiger partial charge in [0, 0.05) is 51.4 Å². The minimum absolute atomic E-state index is 0.150. The van der Waals surface area contributed by atoms with E-state index in [0.29, 0.717) is 89.2 Å². The van der Waals surface area contributed by atoms with E-state index in [4.69, 9.17) is 14.5 Å². The lowest BCUT2D eigenvalue weighted by Crippen LogP contribution is -2.50. The van der Waals surface area contributed by atoms with Gasteiger partial charge in [-0.3, -0.25) is 14.4 Å². The summed E-state index contributed by atoms with van der Waals surface area (Å²) in [7, 11) is 0. The van der Waals surface area contributed by atoms with Crippen LogP contribution in [0.5, 0.6) is 0 Å². The van der Waals surface area contributed by atoms with Crippen LogP contribution < -0.4 is 21.3 Å². The number of aromatic amines is 1. The van der Waals surface area contributed by atoms with Gasteiger partial charge in [-0.2, -0.15) is 0 Å². The molecule has 4 heterocycles. The zero-order valence-electron chi connectivity index (χ0n) is 37.7. The number of urea groups is 2. The molecule has 0 bridgehead atoms. The number of aromatic nitrogens is 2. The Morgan fingerprint density at radius 3 is 1.73 bits per heavy atom. The molecule has 5 N–H and O–H groups in total. The third kappa shape index (κ3) is 12.1. The van der Waals surface area contributed by atoms with Crippen LogP contribution in [0.3, 0.4) is 0 Å². The van der Waals surface area contributed by atoms with Crippen molar-refractivity contribution in [1.82, 2.24) is 45.9 Å². The lowest BCUT2D eigenvalue weighted by Gasteiger charge is -2.32. The smallest absolute Gasteiger partial charge is 0.318 e. The van der Waals surface area contributed by atoms with Crippen LogP contribution in [0.1, 0.15) is 77.5 Å². The van der Waals surface area contributed by atoms with Gasteiger partial charge in [0.2, 0.25) is 11.8 Å². The van der Waals surface area contributed by atoms with Gasteiger partial charge in [-0.25, -0.2) is 14.6 Å². The van der Waals surface area contributed by atoms with Crippen molar-refractivity contribution in [1.29, 1.82) is 0 Å². The van der Waals surface area contributed by atoms with Crippen LogP contribution in [-0.2, 0) is 19.1 Å². The number of nitrogens with zero attached hydrogens (tertiary/aromatic N) is 4. The molecule has 7 amide bonds. The standard InChI is InChI=1S/C51H59N9O7/c61-47(52-24-8-3-9-25-53-48(62)44(39-11-4-1-5-12-39)56-50(64)58-27-31-66-32-28-58)41-22-18-37(19-23-41)36-16-20-38(21-17-36)42-35-54-46(55-42)43-15-10-26-60(43)49(63)45(40-13-6-2-7-14-40)57-51(65)59-29-33-67-34-30-59/h1-2,4-7,11-14,16-23,35,43-45H,3,8-10,15,24-34H2,(H,52,61)(H,53,62)(H,54,55)(H,56,64)(H,57,65). The average Bonchev–Trinajstić information content (AvgIpc) is 4.09. The second kappa shape index (κ2) is 22.9. The molecule has 3 fully saturated rings. The number of likely N-dealkylation sites (tertiary alicyclic amines) is 1. The Labute approximate surface area is 390 Å². The van der Waals surface area contributed by atoms with E-state index >= 15 is 0 Å². The van der Waals surface area contributed by atoms with Crippen molar-refractivity contribution < 1.29 is 33.4 Å². The van der Waals surface area contributed by atoms with Gasteiger partial charge in [0.25, 0.3) is 5.91 Å². The molecule has 67 heavy (non-hydrogen) atoms. The van der Waals surface area contributed by atoms with Crippen molar-refractivity contribution in [2.45, 2.75) is 50.2 Å². The fourth-order valence-electron chi connectivity index (χ4n) is 8.68. The van der Waals surface area contributed by atoms with E-state index in [1.165, 1.54) is 0 Å². The number of benzene rings is 4. The van der Waals surface area contributed by atoms with Crippen molar-refractivity contribution in [3.63, 3.8) is 0 Å². The third-order valence-electron chi connectivity index (χ3n) is 12.5. The maximum atomic E-state index is 14.2. The Balaban J connectivity index is 0.788. The molecule has 0 saturated carbocycles. The highest BCUT2D eigenvalue weighted by molar-refractivity contribution is 5.94. The van der Waals surface area contributed by atoms with Gasteiger partial charge in [-0.05, 0) is 72.1 Å². The van der Waals surface area contributed by atoms with E-state index in [-0.39, 0.29) is 35.8 Å². The number of amides is 7. The molecular formula is C51H59N9O7. The summed E-state index contributed by atoms with van der Waals surface area (Å²) in [6, 6.07) is 31.7. The second-order valence-electron chi connectivity index (χ2n) is 16.9. The first-order valence-corrected chi connectivity index (χ1v) is 23.3. The molecule has 16 nitrogen and oxygen atoms in total. The van der Waals surface area contributed by atoms with Crippen molar-refractivity contribution in [3.8, 4) is 22.4 Å². The van der Waals surface area contributed by atoms with Crippen LogP contribution in [-0.4, -0.2) is 127 Å². The van der Waals surface area contributed by atoms with Crippen LogP contribution >= 0.6 is 0 Å². The molecule has 8 rings (SSSR count). The fraction of sp³-hybridized carbons (Fsp3) is 0.373. The molecule has 0 radical (unpaired) electrons. The minimum Gasteiger partial charge on any atom is -0.378 e. The van der Waals surface area contributed by atoms with Crippen molar-refractivity contribution >= 4 is 29.8 Å². The van der Waals surface area contributed by atoms with E-state index in [2.05, 4.69) is 26.3 Å². The van der Waals surface area contributed by atoms with Gasteiger partial charge < -0.3 is 50.4 Å². The zero-order valence-corrected chi connectivity index (χ0v) is 37.7. The maximum absolute atomic E-state index is 14.2. The molecular weight excluding hydrogens is 851 g/mol. The van der Waals surface area contributed by atoms with Crippen molar-refractivity contribution in [2.75, 3.05) is 72.2 Å². The molecule has 3 atom stereocenters. The van der Waals surface area contributed by atoms with E-state index in [1.807, 2.05) is 114 Å². The number of hydrogen-bond acceptors (Lipinski definition) is 8. The Morgan fingerprint density at radius 1 is 0.612 bits per heavy atom. The molecule has 3 saturated heterocycles. The SMILES string of the molecule is O=C(NCCCCCNC(=O)C(NC(=O)N1CCOCC1)c1ccccc1)c1ccc(-c2ccc(-c3cnc(C4CCCN4C(=O)C(NC(=O)N4CCOCC4)c4ccccc4)[nH]3)cc2)cc1. The molecule has 3 aliphatic heterocycles. The van der Waals surface area contributed by atoms with Gasteiger partial charge in [0.05, 0.1) is 44.4 Å². The fourth-order valence-corrected chi connectivity index (χ4v) is 8.68. The number of hydrogen-bond donors (Lipinski definition) is 5. The Morgan fingerprint density at radius 2 is 1.13 bits per heavy atom. The molecule has 3 aliphatic rings. The zero-order chi connectivity index (χ0) is 46.4. The van der Waals surface area contributed by atoms with Crippen molar-refractivity contribution in [3.05, 3.63) is 138 Å². The number of carbonyl (C=O) groups is 5. The first-order chi connectivity index (χ1) is 32.8. The number of morpholine rings is 2. The molecule has 350 valence electrons. The second-order valence-corrected chi connectivity index (χ2v) is 16.9. The topological polar surface area (TPSA) is 190 Å². The van der Waals surface area contributed by atoms with Crippen LogP contribution in [0.4, 0.5) is 9.59 Å². The highest BCUT2D eigenvalue weighted by Gasteiger charge is 2.37. The molecule has 4 aromatic carbocycles. The number of carbonyl (C=O) groups excluding carboxylic acids is 5. The number of nitrogens with one attached hydrogen (secondary N) is 5. The number of H-pyrrole nitrogens is 1. The number of unbranched alkanes of at least 4 members (excludes halogenated alkanes) is 2. The predicted octanol–water partition coefficient (Wildman–Crippen LogP) is 5.99. The molecule has 0 spiro atoms. The number of rotatable bonds is 16. The first-order valence-electron chi connectivity index (χ1n) is 23.3. The summed E-state index contributed by atoms with van der Waals surface area (Å²) in [5, 5.41) is 11.9. The summed E-state index contributed by atoms with van der Waals surface area (Å²) in [6.45, 7) is 5.32. The summed E-state index contributed by atoms with van der Waals surface area (Å²) in [5.41, 5.74) is 5.75. The highest BCUT2D eigenvalue weighted by Crippen LogP contribution is 2.34. The lowest BCUT2D eigenvalue weighted by atomic mass is 10.0. The molecule has 5 aromatic rings. The molecule has 16 heteroatoms. The Kier molecular flexibility index (Phi) is 15.9. The van der Waals surface area contributed by atoms with Gasteiger partial charge in [0.1, 0.15) is 17.9 Å². The Hall–Kier alpha value is -7.04. The summed E-state index contributed by atoms with van der Waals surface area (Å²) in [5.74, 6) is 0.119. The summed E-state index contributed by atoms with van der Waals surface area (Å²) >= 11 is 0. The number of ether oxygens (including phenoxy) is 2. The Bertz CT molecular complexity index is 2420. The van der Waals surface area contributed by atoms with Crippen molar-refractivity contribution in [2.24, 2.45) is 0 Å². The third-order valence-corrected chi connectivity index (χ3v) is 12.5. The monoisotopic (exact) mass is 909 g/mol. The van der Waals surface area contributed by atoms with Crippen LogP contribution in [0, 0.1) is 0 Å². The van der Waals surface area contributed by atoms with E-state index < -0.39 is 12.1 Å². The largest absolute Gasteiger partial charge is 0.378 e. The van der Waals surface area contributed by atoms with Gasteiger partial charge in [-0.15, -0.1) is 0 Å². The highest BCUT2D eigenvalue weighted by atomic mass is 16.5. The summed E-state index contributed by atoms with van der Waals surface area (Å²) < 4.78 is 10.8. The van der Waals surface area contributed by atoms with Gasteiger partial charge in [-0.1, -0.05) is 97.1 Å². The van der Waals surface area contributed by atoms with E-state index in [0.717, 1.165) is 60.1 Å². The number of imidazole rings is 1. The van der Waals surface area contributed by atoms with E-state index in [9.17, 15) is 24.0 Å². The van der Waals surface area contributed by atoms with Crippen LogP contribution in [0.2, 0.25) is 0 Å². The van der Waals surface area contributed by atoms with Gasteiger partial charge >= 0.3 is 12.1 Å². The molecule has 3 unspecified atom stereocenters. The quantitative estimate of drug-likeness (QED) is 0.0747.